The maximum absolute atomic E-state index is 13.6. The lowest BCUT2D eigenvalue weighted by atomic mass is 9.95. The fourth-order valence-corrected chi connectivity index (χ4v) is 4.22. The van der Waals surface area contributed by atoms with Crippen LogP contribution in [0.4, 0.5) is 4.39 Å². The van der Waals surface area contributed by atoms with Crippen molar-refractivity contribution in [2.45, 2.75) is 13.5 Å². The largest absolute Gasteiger partial charge is 0.376 e. The van der Waals surface area contributed by atoms with Crippen molar-refractivity contribution in [1.82, 2.24) is 14.5 Å². The van der Waals surface area contributed by atoms with Crippen molar-refractivity contribution < 1.29 is 19.1 Å². The molecule has 6 nitrogen and oxygen atoms in total. The summed E-state index contributed by atoms with van der Waals surface area (Å²) in [7, 11) is 0. The Morgan fingerprint density at radius 1 is 1.00 bits per heavy atom. The van der Waals surface area contributed by atoms with Gasteiger partial charge in [-0.3, -0.25) is 14.5 Å². The quantitative estimate of drug-likeness (QED) is 0.512. The number of H-pyrrole nitrogens is 1. The Morgan fingerprint density at radius 3 is 2.47 bits per heavy atom. The number of nitrogens with zero attached hydrogens (tertiary/aromatic N) is 2. The number of para-hydroxylation sites is 1. The number of amides is 2. The molecular weight excluding hydrogens is 385 g/mol. The van der Waals surface area contributed by atoms with E-state index in [-0.39, 0.29) is 11.1 Å². The average molecular weight is 403 g/mol. The van der Waals surface area contributed by atoms with Crippen LogP contribution in [0.25, 0.3) is 33.0 Å². The van der Waals surface area contributed by atoms with E-state index in [9.17, 15) is 19.1 Å². The summed E-state index contributed by atoms with van der Waals surface area (Å²) >= 11 is 0. The summed E-state index contributed by atoms with van der Waals surface area (Å²) in [4.78, 5) is 30.1. The highest BCUT2D eigenvalue weighted by Gasteiger charge is 2.41. The number of aromatic amines is 1. The predicted molar refractivity (Wildman–Crippen MR) is 112 cm³/mol. The predicted octanol–water partition coefficient (Wildman–Crippen LogP) is 3.51. The van der Waals surface area contributed by atoms with Gasteiger partial charge in [0.1, 0.15) is 12.5 Å². The third kappa shape index (κ3) is 2.45. The molecule has 2 amide bonds. The van der Waals surface area contributed by atoms with Gasteiger partial charge in [0.15, 0.2) is 0 Å². The molecule has 2 aromatic heterocycles. The van der Waals surface area contributed by atoms with Crippen molar-refractivity contribution in [3.05, 3.63) is 71.8 Å². The third-order valence-corrected chi connectivity index (χ3v) is 5.62. The fourth-order valence-electron chi connectivity index (χ4n) is 4.22. The molecule has 30 heavy (non-hydrogen) atoms. The van der Waals surface area contributed by atoms with Gasteiger partial charge < -0.3 is 14.7 Å². The van der Waals surface area contributed by atoms with Gasteiger partial charge in [-0.2, -0.15) is 0 Å². The van der Waals surface area contributed by atoms with Gasteiger partial charge in [-0.25, -0.2) is 4.39 Å². The lowest BCUT2D eigenvalue weighted by Crippen LogP contribution is -2.32. The smallest absolute Gasteiger partial charge is 0.264 e. The maximum Gasteiger partial charge on any atom is 0.264 e. The van der Waals surface area contributed by atoms with Crippen LogP contribution in [0, 0.1) is 5.82 Å². The summed E-state index contributed by atoms with van der Waals surface area (Å²) in [6.45, 7) is 1.98. The Balaban J connectivity index is 1.85. The second-order valence-corrected chi connectivity index (χ2v) is 7.17. The van der Waals surface area contributed by atoms with Gasteiger partial charge in [0, 0.05) is 51.9 Å². The zero-order chi connectivity index (χ0) is 21.0. The first-order valence-electron chi connectivity index (χ1n) is 9.61. The van der Waals surface area contributed by atoms with E-state index in [4.69, 9.17) is 0 Å². The molecule has 1 aliphatic rings. The number of halogens is 1. The van der Waals surface area contributed by atoms with E-state index < -0.39 is 24.4 Å². The lowest BCUT2D eigenvalue weighted by Gasteiger charge is -2.10. The van der Waals surface area contributed by atoms with E-state index >= 15 is 0 Å². The molecule has 0 unspecified atom stereocenters. The molecule has 4 aromatic rings. The zero-order valence-electron chi connectivity index (χ0n) is 16.1. The minimum Gasteiger partial charge on any atom is -0.376 e. The summed E-state index contributed by atoms with van der Waals surface area (Å²) in [6, 6.07) is 11.9. The number of aliphatic hydroxyl groups is 1. The van der Waals surface area contributed by atoms with Gasteiger partial charge in [0.25, 0.3) is 11.8 Å². The lowest BCUT2D eigenvalue weighted by molar-refractivity contribution is -0.139. The number of nitrogens with one attached hydrogen (secondary N) is 1. The number of rotatable bonds is 4. The highest BCUT2D eigenvalue weighted by molar-refractivity contribution is 6.50. The van der Waals surface area contributed by atoms with Gasteiger partial charge in [-0.1, -0.05) is 18.2 Å². The average Bonchev–Trinajstić information content (AvgIpc) is 3.39. The number of hydrogen-bond donors (Lipinski definition) is 2. The van der Waals surface area contributed by atoms with Crippen LogP contribution in [0.3, 0.4) is 0 Å². The standard InChI is InChI=1S/C23H18FN3O3/c1-2-26-11-17(15-5-3-4-6-19(15)26)21-20(22(29)27(12-28)23(21)30)16-10-25-18-9-13(24)7-8-14(16)18/h3-11,25,28H,2,12H2,1H3. The van der Waals surface area contributed by atoms with Crippen molar-refractivity contribution in [2.24, 2.45) is 0 Å². The van der Waals surface area contributed by atoms with E-state index in [0.29, 0.717) is 28.6 Å². The molecule has 2 aromatic carbocycles. The summed E-state index contributed by atoms with van der Waals surface area (Å²) in [5.41, 5.74) is 3.05. The number of aliphatic hydroxyl groups excluding tert-OH is 1. The number of benzene rings is 2. The van der Waals surface area contributed by atoms with Crippen LogP contribution in [0.15, 0.2) is 54.9 Å². The SMILES string of the molecule is CCn1cc(C2=C(c3c[nH]c4cc(F)ccc34)C(=O)N(CO)C2=O)c2ccccc21. The van der Waals surface area contributed by atoms with Crippen LogP contribution < -0.4 is 0 Å². The molecule has 5 rings (SSSR count). The molecule has 1 aliphatic heterocycles. The first kappa shape index (κ1) is 18.3. The molecule has 150 valence electrons. The summed E-state index contributed by atoms with van der Waals surface area (Å²) in [6.07, 6.45) is 3.46. The van der Waals surface area contributed by atoms with Crippen LogP contribution in [0.1, 0.15) is 18.1 Å². The molecular formula is C23H18FN3O3. The van der Waals surface area contributed by atoms with Gasteiger partial charge >= 0.3 is 0 Å². The Hall–Kier alpha value is -3.71. The van der Waals surface area contributed by atoms with Gasteiger partial charge in [-0.05, 0) is 31.2 Å². The molecule has 0 aliphatic carbocycles. The Kier molecular flexibility index (Phi) is 4.08. The van der Waals surface area contributed by atoms with Crippen molar-refractivity contribution >= 4 is 44.8 Å². The molecule has 7 heteroatoms. The minimum absolute atomic E-state index is 0.200. The van der Waals surface area contributed by atoms with Crippen LogP contribution in [0.2, 0.25) is 0 Å². The van der Waals surface area contributed by atoms with E-state index in [0.717, 1.165) is 15.8 Å². The molecule has 3 heterocycles. The Bertz CT molecular complexity index is 1380. The minimum atomic E-state index is -0.714. The van der Waals surface area contributed by atoms with E-state index in [1.165, 1.54) is 12.1 Å². The number of hydrogen-bond acceptors (Lipinski definition) is 3. The second-order valence-electron chi connectivity index (χ2n) is 7.17. The van der Waals surface area contributed by atoms with Crippen molar-refractivity contribution in [3.8, 4) is 0 Å². The highest BCUT2D eigenvalue weighted by atomic mass is 19.1. The van der Waals surface area contributed by atoms with Gasteiger partial charge in [-0.15, -0.1) is 0 Å². The van der Waals surface area contributed by atoms with Crippen LogP contribution in [-0.4, -0.2) is 38.1 Å². The Morgan fingerprint density at radius 2 is 1.73 bits per heavy atom. The summed E-state index contributed by atoms with van der Waals surface area (Å²) in [5.74, 6) is -1.52. The molecule has 0 spiro atoms. The molecule has 0 radical (unpaired) electrons. The van der Waals surface area contributed by atoms with Crippen LogP contribution in [-0.2, 0) is 16.1 Å². The molecule has 0 bridgehead atoms. The second kappa shape index (κ2) is 6.67. The van der Waals surface area contributed by atoms with Crippen molar-refractivity contribution in [1.29, 1.82) is 0 Å². The van der Waals surface area contributed by atoms with E-state index in [1.54, 1.807) is 12.3 Å². The topological polar surface area (TPSA) is 78.3 Å². The maximum atomic E-state index is 13.6. The third-order valence-electron chi connectivity index (χ3n) is 5.62. The Labute approximate surface area is 170 Å². The number of carbonyl (C=O) groups is 2. The fraction of sp³-hybridized carbons (Fsp3) is 0.130. The molecule has 0 atom stereocenters. The summed E-state index contributed by atoms with van der Waals surface area (Å²) in [5, 5.41) is 11.2. The highest BCUT2D eigenvalue weighted by Crippen LogP contribution is 2.41. The molecule has 0 saturated carbocycles. The number of imide groups is 1. The van der Waals surface area contributed by atoms with Gasteiger partial charge in [0.2, 0.25) is 0 Å². The van der Waals surface area contributed by atoms with E-state index in [1.807, 2.05) is 42.0 Å². The van der Waals surface area contributed by atoms with Crippen LogP contribution >= 0.6 is 0 Å². The van der Waals surface area contributed by atoms with Crippen LogP contribution in [0.5, 0.6) is 0 Å². The first-order valence-corrected chi connectivity index (χ1v) is 9.61. The zero-order valence-corrected chi connectivity index (χ0v) is 16.1. The van der Waals surface area contributed by atoms with Crippen molar-refractivity contribution in [3.63, 3.8) is 0 Å². The number of aromatic nitrogens is 2. The molecule has 0 saturated heterocycles. The first-order chi connectivity index (χ1) is 14.5. The number of aryl methyl sites for hydroxylation is 1. The monoisotopic (exact) mass is 403 g/mol. The van der Waals surface area contributed by atoms with E-state index in [2.05, 4.69) is 4.98 Å². The molecule has 0 fully saturated rings. The number of carbonyl (C=O) groups excluding carboxylic acids is 2. The summed E-state index contributed by atoms with van der Waals surface area (Å²) < 4.78 is 15.7. The molecule has 2 N–H and O–H groups in total. The number of fused-ring (bicyclic) bond motifs is 2. The van der Waals surface area contributed by atoms with Crippen molar-refractivity contribution in [2.75, 3.05) is 6.73 Å². The normalized spacial score (nSPS) is 14.7. The van der Waals surface area contributed by atoms with Gasteiger partial charge in [0.05, 0.1) is 11.1 Å².